The highest BCUT2D eigenvalue weighted by Crippen LogP contribution is 2.26. The second-order valence-corrected chi connectivity index (χ2v) is 8.33. The molecular weight excluding hydrogens is 300 g/mol. The zero-order chi connectivity index (χ0) is 16.2. The Labute approximate surface area is 132 Å². The van der Waals surface area contributed by atoms with Gasteiger partial charge in [0.25, 0.3) is 0 Å². The maximum Gasteiger partial charge on any atom is 0.240 e. The molecule has 0 saturated heterocycles. The third-order valence-corrected chi connectivity index (χ3v) is 6.26. The van der Waals surface area contributed by atoms with Gasteiger partial charge in [0.1, 0.15) is 0 Å². The molecule has 0 radical (unpaired) electrons. The Morgan fingerprint density at radius 3 is 2.64 bits per heavy atom. The van der Waals surface area contributed by atoms with Crippen molar-refractivity contribution in [2.45, 2.75) is 56.1 Å². The van der Waals surface area contributed by atoms with E-state index in [1.807, 2.05) is 0 Å². The van der Waals surface area contributed by atoms with Gasteiger partial charge < -0.3 is 11.1 Å². The van der Waals surface area contributed by atoms with Crippen LogP contribution < -0.4 is 11.1 Å². The van der Waals surface area contributed by atoms with Gasteiger partial charge in [-0.3, -0.25) is 4.79 Å². The minimum absolute atomic E-state index is 0.0273. The minimum atomic E-state index is -3.14. The summed E-state index contributed by atoms with van der Waals surface area (Å²) in [6.45, 7) is 1.60. The molecule has 2 rings (SSSR count). The molecule has 1 fully saturated rings. The third kappa shape index (κ3) is 4.55. The fourth-order valence-electron chi connectivity index (χ4n) is 2.77. The molecule has 1 aromatic carbocycles. The smallest absolute Gasteiger partial charge is 0.240 e. The van der Waals surface area contributed by atoms with Crippen LogP contribution in [-0.2, 0) is 20.4 Å². The summed E-state index contributed by atoms with van der Waals surface area (Å²) >= 11 is 0. The Morgan fingerprint density at radius 1 is 1.32 bits per heavy atom. The van der Waals surface area contributed by atoms with E-state index in [0.717, 1.165) is 32.1 Å². The molecule has 6 heteroatoms. The van der Waals surface area contributed by atoms with Crippen molar-refractivity contribution in [2.75, 3.05) is 5.32 Å². The zero-order valence-corrected chi connectivity index (χ0v) is 13.7. The van der Waals surface area contributed by atoms with Gasteiger partial charge in [0.05, 0.1) is 17.0 Å². The number of hydrogen-bond acceptors (Lipinski definition) is 4. The SMILES string of the molecule is C[C@H](N)C(=O)Nc1cccc(CS(=O)(=O)C2CCCCC2)c1. The predicted octanol–water partition coefficient (Wildman–Crippen LogP) is 2.22. The molecule has 1 atom stereocenters. The average molecular weight is 324 g/mol. The number of sulfone groups is 1. The highest BCUT2D eigenvalue weighted by atomic mass is 32.2. The van der Waals surface area contributed by atoms with Crippen LogP contribution in [0.25, 0.3) is 0 Å². The molecule has 1 aliphatic rings. The molecule has 1 aromatic rings. The molecule has 0 aliphatic heterocycles. The van der Waals surface area contributed by atoms with Crippen molar-refractivity contribution in [1.29, 1.82) is 0 Å². The number of benzene rings is 1. The largest absolute Gasteiger partial charge is 0.325 e. The fourth-order valence-corrected chi connectivity index (χ4v) is 4.70. The standard InChI is InChI=1S/C16H24N2O3S/c1-12(17)16(19)18-14-7-5-6-13(10-14)11-22(20,21)15-8-3-2-4-9-15/h5-7,10,12,15H,2-4,8-9,11,17H2,1H3,(H,18,19)/t12-/m0/s1. The van der Waals surface area contributed by atoms with Crippen LogP contribution in [0.15, 0.2) is 24.3 Å². The van der Waals surface area contributed by atoms with Crippen molar-refractivity contribution < 1.29 is 13.2 Å². The van der Waals surface area contributed by atoms with Crippen LogP contribution >= 0.6 is 0 Å². The van der Waals surface area contributed by atoms with E-state index in [-0.39, 0.29) is 16.9 Å². The molecule has 0 aromatic heterocycles. The van der Waals surface area contributed by atoms with E-state index in [1.165, 1.54) is 0 Å². The van der Waals surface area contributed by atoms with Crippen LogP contribution in [0.2, 0.25) is 0 Å². The van der Waals surface area contributed by atoms with Gasteiger partial charge in [-0.2, -0.15) is 0 Å². The molecule has 3 N–H and O–H groups in total. The van der Waals surface area contributed by atoms with E-state index in [1.54, 1.807) is 31.2 Å². The van der Waals surface area contributed by atoms with Crippen molar-refractivity contribution in [3.63, 3.8) is 0 Å². The third-order valence-electron chi connectivity index (χ3n) is 4.04. The Balaban J connectivity index is 2.07. The summed E-state index contributed by atoms with van der Waals surface area (Å²) in [4.78, 5) is 11.6. The number of rotatable bonds is 5. The van der Waals surface area contributed by atoms with E-state index in [0.29, 0.717) is 11.3 Å². The van der Waals surface area contributed by atoms with Crippen LogP contribution in [0.1, 0.15) is 44.6 Å². The molecular formula is C16H24N2O3S. The summed E-state index contributed by atoms with van der Waals surface area (Å²) in [6.07, 6.45) is 4.65. The van der Waals surface area contributed by atoms with Gasteiger partial charge in [-0.1, -0.05) is 31.4 Å². The number of nitrogens with one attached hydrogen (secondary N) is 1. The van der Waals surface area contributed by atoms with Crippen molar-refractivity contribution in [1.82, 2.24) is 0 Å². The van der Waals surface area contributed by atoms with E-state index in [9.17, 15) is 13.2 Å². The first-order valence-electron chi connectivity index (χ1n) is 7.75. The first-order valence-corrected chi connectivity index (χ1v) is 9.47. The lowest BCUT2D eigenvalue weighted by molar-refractivity contribution is -0.117. The Kier molecular flexibility index (Phi) is 5.58. The summed E-state index contributed by atoms with van der Waals surface area (Å²) in [7, 11) is -3.14. The zero-order valence-electron chi connectivity index (χ0n) is 12.9. The van der Waals surface area contributed by atoms with Crippen molar-refractivity contribution >= 4 is 21.4 Å². The summed E-state index contributed by atoms with van der Waals surface area (Å²) < 4.78 is 25.0. The maximum absolute atomic E-state index is 12.5. The van der Waals surface area contributed by atoms with Gasteiger partial charge >= 0.3 is 0 Å². The van der Waals surface area contributed by atoms with Crippen LogP contribution in [0, 0.1) is 0 Å². The summed E-state index contributed by atoms with van der Waals surface area (Å²) in [5.74, 6) is -0.258. The Bertz CT molecular complexity index is 620. The molecule has 22 heavy (non-hydrogen) atoms. The average Bonchev–Trinajstić information content (AvgIpc) is 2.48. The first-order chi connectivity index (χ1) is 10.4. The first kappa shape index (κ1) is 17.0. The number of carbonyl (C=O) groups is 1. The molecule has 1 amide bonds. The van der Waals surface area contributed by atoms with Gasteiger partial charge in [-0.25, -0.2) is 8.42 Å². The van der Waals surface area contributed by atoms with Gasteiger partial charge in [0.2, 0.25) is 5.91 Å². The number of nitrogens with two attached hydrogens (primary N) is 1. The van der Waals surface area contributed by atoms with Crippen molar-refractivity contribution in [2.24, 2.45) is 5.73 Å². The lowest BCUT2D eigenvalue weighted by atomic mass is 10.0. The molecule has 122 valence electrons. The number of anilines is 1. The van der Waals surface area contributed by atoms with Gasteiger partial charge in [0.15, 0.2) is 9.84 Å². The normalized spacial score (nSPS) is 17.9. The maximum atomic E-state index is 12.5. The molecule has 0 heterocycles. The molecule has 5 nitrogen and oxygen atoms in total. The van der Waals surface area contributed by atoms with Crippen LogP contribution in [-0.4, -0.2) is 25.6 Å². The van der Waals surface area contributed by atoms with Gasteiger partial charge in [-0.05, 0) is 37.5 Å². The summed E-state index contributed by atoms with van der Waals surface area (Å²) in [6, 6.07) is 6.37. The topological polar surface area (TPSA) is 89.3 Å². The molecule has 0 bridgehead atoms. The highest BCUT2D eigenvalue weighted by Gasteiger charge is 2.27. The number of amides is 1. The summed E-state index contributed by atoms with van der Waals surface area (Å²) in [5, 5.41) is 2.47. The quantitative estimate of drug-likeness (QED) is 0.869. The minimum Gasteiger partial charge on any atom is -0.325 e. The van der Waals surface area contributed by atoms with Crippen molar-refractivity contribution in [3.05, 3.63) is 29.8 Å². The number of hydrogen-bond donors (Lipinski definition) is 2. The summed E-state index contributed by atoms with van der Waals surface area (Å²) in [5.41, 5.74) is 6.80. The van der Waals surface area contributed by atoms with Gasteiger partial charge in [-0.15, -0.1) is 0 Å². The second-order valence-electron chi connectivity index (χ2n) is 6.05. The predicted molar refractivity (Wildman–Crippen MR) is 88.2 cm³/mol. The van der Waals surface area contributed by atoms with E-state index >= 15 is 0 Å². The Morgan fingerprint density at radius 2 is 2.00 bits per heavy atom. The lowest BCUT2D eigenvalue weighted by Crippen LogP contribution is -2.32. The molecule has 0 spiro atoms. The van der Waals surface area contributed by atoms with Crippen LogP contribution in [0.4, 0.5) is 5.69 Å². The number of carbonyl (C=O) groups excluding carboxylic acids is 1. The molecule has 1 aliphatic carbocycles. The van der Waals surface area contributed by atoms with E-state index < -0.39 is 15.9 Å². The van der Waals surface area contributed by atoms with Crippen LogP contribution in [0.5, 0.6) is 0 Å². The van der Waals surface area contributed by atoms with E-state index in [4.69, 9.17) is 5.73 Å². The second kappa shape index (κ2) is 7.24. The monoisotopic (exact) mass is 324 g/mol. The highest BCUT2D eigenvalue weighted by molar-refractivity contribution is 7.91. The molecule has 1 saturated carbocycles. The molecule has 0 unspecified atom stereocenters. The Hall–Kier alpha value is -1.40. The van der Waals surface area contributed by atoms with Crippen LogP contribution in [0.3, 0.4) is 0 Å². The fraction of sp³-hybridized carbons (Fsp3) is 0.562. The van der Waals surface area contributed by atoms with E-state index in [2.05, 4.69) is 5.32 Å². The lowest BCUT2D eigenvalue weighted by Gasteiger charge is -2.21. The van der Waals surface area contributed by atoms with Crippen molar-refractivity contribution in [3.8, 4) is 0 Å². The van der Waals surface area contributed by atoms with Gasteiger partial charge in [0, 0.05) is 5.69 Å².